The van der Waals surface area contributed by atoms with Gasteiger partial charge in [0, 0.05) is 6.61 Å². The number of rotatable bonds is 4. The summed E-state index contributed by atoms with van der Waals surface area (Å²) < 4.78 is 6.50. The van der Waals surface area contributed by atoms with Crippen LogP contribution in [0.25, 0.3) is 0 Å². The maximum absolute atomic E-state index is 12.1. The van der Waals surface area contributed by atoms with Crippen LogP contribution in [0, 0.1) is 0 Å². The van der Waals surface area contributed by atoms with Gasteiger partial charge in [-0.15, -0.1) is 0 Å². The number of H-pyrrole nitrogens is 1. The van der Waals surface area contributed by atoms with Crippen LogP contribution in [0.5, 0.6) is 0 Å². The van der Waals surface area contributed by atoms with E-state index in [1.165, 1.54) is 0 Å². The molecule has 1 N–H and O–H groups in total. The quantitative estimate of drug-likeness (QED) is 0.920. The van der Waals surface area contributed by atoms with Gasteiger partial charge in [-0.25, -0.2) is 4.98 Å². The van der Waals surface area contributed by atoms with Crippen LogP contribution in [-0.2, 0) is 10.3 Å². The number of nitrogens with zero attached hydrogens (tertiary/aromatic N) is 1. The van der Waals surface area contributed by atoms with Crippen LogP contribution in [-0.4, -0.2) is 16.6 Å². The molecule has 1 aromatic heterocycles. The Bertz CT molecular complexity index is 505. The first-order chi connectivity index (χ1) is 9.00. The third-order valence-electron chi connectivity index (χ3n) is 3.70. The number of ether oxygens (including phenoxy) is 1. The lowest BCUT2D eigenvalue weighted by Crippen LogP contribution is -2.32. The molecule has 106 valence electrons. The third kappa shape index (κ3) is 2.77. The van der Waals surface area contributed by atoms with Crippen LogP contribution >= 0.6 is 15.9 Å². The van der Waals surface area contributed by atoms with Crippen molar-refractivity contribution in [3.63, 3.8) is 0 Å². The van der Waals surface area contributed by atoms with Gasteiger partial charge in [-0.05, 0) is 54.5 Å². The number of aromatic nitrogens is 2. The van der Waals surface area contributed by atoms with Crippen molar-refractivity contribution in [3.05, 3.63) is 26.3 Å². The van der Waals surface area contributed by atoms with Crippen molar-refractivity contribution < 1.29 is 4.74 Å². The largest absolute Gasteiger partial charge is 0.367 e. The minimum absolute atomic E-state index is 0.111. The van der Waals surface area contributed by atoms with Gasteiger partial charge in [0.05, 0.1) is 5.69 Å². The standard InChI is InChI=1S/C14H21BrN2O2/c1-4-19-14(7-5-6-8-14)13-16-11(9(2)3)10(15)12(18)17-13/h9H,4-8H2,1-3H3,(H,16,17,18). The summed E-state index contributed by atoms with van der Waals surface area (Å²) in [5.74, 6) is 0.902. The molecule has 4 nitrogen and oxygen atoms in total. The second-order valence-corrected chi connectivity index (χ2v) is 6.20. The Labute approximate surface area is 122 Å². The van der Waals surface area contributed by atoms with E-state index in [0.717, 1.165) is 31.4 Å². The van der Waals surface area contributed by atoms with Gasteiger partial charge in [-0.2, -0.15) is 0 Å². The highest BCUT2D eigenvalue weighted by Crippen LogP contribution is 2.40. The van der Waals surface area contributed by atoms with Gasteiger partial charge in [0.2, 0.25) is 0 Å². The van der Waals surface area contributed by atoms with Gasteiger partial charge in [0.15, 0.2) is 0 Å². The minimum Gasteiger partial charge on any atom is -0.367 e. The Morgan fingerprint density at radius 2 is 2.05 bits per heavy atom. The molecule has 2 rings (SSSR count). The Hall–Kier alpha value is -0.680. The minimum atomic E-state index is -0.391. The van der Waals surface area contributed by atoms with Gasteiger partial charge in [-0.3, -0.25) is 4.79 Å². The van der Waals surface area contributed by atoms with Crippen molar-refractivity contribution in [2.45, 2.75) is 58.0 Å². The molecule has 1 heterocycles. The first-order valence-corrected chi connectivity index (χ1v) is 7.73. The Balaban J connectivity index is 2.52. The Morgan fingerprint density at radius 3 is 2.58 bits per heavy atom. The molecular formula is C14H21BrN2O2. The van der Waals surface area contributed by atoms with Crippen molar-refractivity contribution >= 4 is 15.9 Å². The predicted molar refractivity (Wildman–Crippen MR) is 78.4 cm³/mol. The van der Waals surface area contributed by atoms with Crippen molar-refractivity contribution in [3.8, 4) is 0 Å². The van der Waals surface area contributed by atoms with Gasteiger partial charge < -0.3 is 9.72 Å². The zero-order valence-corrected chi connectivity index (χ0v) is 13.3. The van der Waals surface area contributed by atoms with Crippen molar-refractivity contribution in [2.24, 2.45) is 0 Å². The molecule has 0 atom stereocenters. The number of nitrogens with one attached hydrogen (secondary N) is 1. The van der Waals surface area contributed by atoms with E-state index in [1.807, 2.05) is 20.8 Å². The summed E-state index contributed by atoms with van der Waals surface area (Å²) in [7, 11) is 0. The van der Waals surface area contributed by atoms with E-state index < -0.39 is 5.60 Å². The summed E-state index contributed by atoms with van der Waals surface area (Å²) >= 11 is 3.33. The van der Waals surface area contributed by atoms with Crippen LogP contribution in [0.1, 0.15) is 63.9 Å². The van der Waals surface area contributed by atoms with Crippen LogP contribution in [0.15, 0.2) is 9.27 Å². The average molecular weight is 329 g/mol. The second kappa shape index (κ2) is 5.75. The zero-order chi connectivity index (χ0) is 14.0. The van der Waals surface area contributed by atoms with Crippen molar-refractivity contribution in [1.29, 1.82) is 0 Å². The molecule has 0 aliphatic heterocycles. The van der Waals surface area contributed by atoms with E-state index in [-0.39, 0.29) is 11.5 Å². The second-order valence-electron chi connectivity index (χ2n) is 5.40. The van der Waals surface area contributed by atoms with Crippen LogP contribution < -0.4 is 5.56 Å². The van der Waals surface area contributed by atoms with E-state index in [4.69, 9.17) is 4.74 Å². The van der Waals surface area contributed by atoms with Gasteiger partial charge >= 0.3 is 0 Å². The molecule has 0 aromatic carbocycles. The lowest BCUT2D eigenvalue weighted by Gasteiger charge is -2.28. The molecule has 0 bridgehead atoms. The molecule has 0 saturated heterocycles. The first-order valence-electron chi connectivity index (χ1n) is 6.94. The zero-order valence-electron chi connectivity index (χ0n) is 11.8. The fourth-order valence-electron chi connectivity index (χ4n) is 2.75. The SMILES string of the molecule is CCOC1(c2nc(C(C)C)c(Br)c(=O)[nH]2)CCCC1. The maximum atomic E-state index is 12.1. The molecule has 0 amide bonds. The molecule has 1 aliphatic carbocycles. The summed E-state index contributed by atoms with van der Waals surface area (Å²) in [6, 6.07) is 0. The van der Waals surface area contributed by atoms with Crippen LogP contribution in [0.4, 0.5) is 0 Å². The van der Waals surface area contributed by atoms with Crippen LogP contribution in [0.2, 0.25) is 0 Å². The molecule has 1 fully saturated rings. The highest BCUT2D eigenvalue weighted by Gasteiger charge is 2.39. The number of hydrogen-bond acceptors (Lipinski definition) is 3. The van der Waals surface area contributed by atoms with Gasteiger partial charge in [-0.1, -0.05) is 13.8 Å². The monoisotopic (exact) mass is 328 g/mol. The lowest BCUT2D eigenvalue weighted by atomic mass is 10.00. The van der Waals surface area contributed by atoms with E-state index in [2.05, 4.69) is 25.9 Å². The molecule has 19 heavy (non-hydrogen) atoms. The fraction of sp³-hybridized carbons (Fsp3) is 0.714. The summed E-state index contributed by atoms with van der Waals surface area (Å²) in [6.07, 6.45) is 4.11. The number of halogens is 1. The molecule has 0 unspecified atom stereocenters. The van der Waals surface area contributed by atoms with E-state index in [1.54, 1.807) is 0 Å². The van der Waals surface area contributed by atoms with E-state index in [0.29, 0.717) is 16.9 Å². The summed E-state index contributed by atoms with van der Waals surface area (Å²) in [4.78, 5) is 19.6. The molecule has 1 aromatic rings. The topological polar surface area (TPSA) is 55.0 Å². The predicted octanol–water partition coefficient (Wildman–Crippen LogP) is 3.46. The highest BCUT2D eigenvalue weighted by molar-refractivity contribution is 9.10. The number of hydrogen-bond donors (Lipinski definition) is 1. The third-order valence-corrected chi connectivity index (χ3v) is 4.47. The fourth-order valence-corrected chi connectivity index (χ4v) is 3.39. The van der Waals surface area contributed by atoms with E-state index in [9.17, 15) is 4.79 Å². The molecule has 1 aliphatic rings. The lowest BCUT2D eigenvalue weighted by molar-refractivity contribution is -0.0460. The van der Waals surface area contributed by atoms with Crippen molar-refractivity contribution in [1.82, 2.24) is 9.97 Å². The summed E-state index contributed by atoms with van der Waals surface area (Å²) in [5.41, 5.74) is 0.308. The molecular weight excluding hydrogens is 308 g/mol. The number of aromatic amines is 1. The van der Waals surface area contributed by atoms with Gasteiger partial charge in [0.1, 0.15) is 15.9 Å². The normalized spacial score (nSPS) is 18.2. The van der Waals surface area contributed by atoms with E-state index >= 15 is 0 Å². The summed E-state index contributed by atoms with van der Waals surface area (Å²) in [5, 5.41) is 0. The Kier molecular flexibility index (Phi) is 4.46. The van der Waals surface area contributed by atoms with Crippen molar-refractivity contribution in [2.75, 3.05) is 6.61 Å². The molecule has 1 saturated carbocycles. The van der Waals surface area contributed by atoms with Gasteiger partial charge in [0.25, 0.3) is 5.56 Å². The molecule has 0 radical (unpaired) electrons. The summed E-state index contributed by atoms with van der Waals surface area (Å²) in [6.45, 7) is 6.70. The average Bonchev–Trinajstić information content (AvgIpc) is 2.82. The highest BCUT2D eigenvalue weighted by atomic mass is 79.9. The Morgan fingerprint density at radius 1 is 1.42 bits per heavy atom. The maximum Gasteiger partial charge on any atom is 0.265 e. The van der Waals surface area contributed by atoms with Crippen LogP contribution in [0.3, 0.4) is 0 Å². The smallest absolute Gasteiger partial charge is 0.265 e. The first kappa shape index (κ1) is 14.7. The molecule has 0 spiro atoms. The molecule has 5 heteroatoms.